The Morgan fingerprint density at radius 2 is 1.90 bits per heavy atom. The molecule has 0 spiro atoms. The molecule has 110 valence electrons. The molecule has 0 fully saturated rings. The van der Waals surface area contributed by atoms with E-state index in [4.69, 9.17) is 17.3 Å². The van der Waals surface area contributed by atoms with Crippen molar-refractivity contribution in [1.82, 2.24) is 9.88 Å². The van der Waals surface area contributed by atoms with Crippen LogP contribution >= 0.6 is 11.6 Å². The first-order valence-corrected chi connectivity index (χ1v) is 7.13. The Hall–Kier alpha value is -2.07. The monoisotopic (exact) mass is 303 g/mol. The number of carbonyl (C=O) groups excluding carboxylic acids is 1. The maximum absolute atomic E-state index is 12.7. The summed E-state index contributed by atoms with van der Waals surface area (Å²) in [6.45, 7) is 4.42. The highest BCUT2D eigenvalue weighted by atomic mass is 35.5. The van der Waals surface area contributed by atoms with E-state index in [1.807, 2.05) is 44.2 Å². The number of rotatable bonds is 4. The van der Waals surface area contributed by atoms with Crippen molar-refractivity contribution < 1.29 is 4.79 Å². The van der Waals surface area contributed by atoms with Gasteiger partial charge in [0.2, 0.25) is 0 Å². The molecular formula is C16H18ClN3O. The largest absolute Gasteiger partial charge is 0.384 e. The summed E-state index contributed by atoms with van der Waals surface area (Å²) in [4.78, 5) is 18.5. The summed E-state index contributed by atoms with van der Waals surface area (Å²) in [5, 5.41) is 0.313. The van der Waals surface area contributed by atoms with E-state index in [2.05, 4.69) is 4.98 Å². The van der Waals surface area contributed by atoms with Gasteiger partial charge in [0.25, 0.3) is 5.91 Å². The van der Waals surface area contributed by atoms with Gasteiger partial charge >= 0.3 is 0 Å². The lowest BCUT2D eigenvalue weighted by Crippen LogP contribution is -2.37. The lowest BCUT2D eigenvalue weighted by atomic mass is 10.1. The van der Waals surface area contributed by atoms with E-state index in [9.17, 15) is 4.79 Å². The van der Waals surface area contributed by atoms with Crippen molar-refractivity contribution >= 4 is 23.3 Å². The number of anilines is 1. The molecule has 0 radical (unpaired) electrons. The number of nitrogen functional groups attached to an aromatic ring is 1. The van der Waals surface area contributed by atoms with E-state index >= 15 is 0 Å². The van der Waals surface area contributed by atoms with Crippen LogP contribution in [0, 0.1) is 0 Å². The van der Waals surface area contributed by atoms with Gasteiger partial charge in [0.15, 0.2) is 0 Å². The second-order valence-corrected chi connectivity index (χ2v) is 5.49. The van der Waals surface area contributed by atoms with E-state index in [1.54, 1.807) is 17.0 Å². The molecule has 1 amide bonds. The van der Waals surface area contributed by atoms with Gasteiger partial charge in [0.1, 0.15) is 11.5 Å². The number of hydrogen-bond donors (Lipinski definition) is 1. The summed E-state index contributed by atoms with van der Waals surface area (Å²) in [5.41, 5.74) is 6.90. The van der Waals surface area contributed by atoms with Crippen LogP contribution in [-0.4, -0.2) is 21.8 Å². The van der Waals surface area contributed by atoms with Gasteiger partial charge in [0, 0.05) is 12.6 Å². The number of carbonyl (C=O) groups is 1. The van der Waals surface area contributed by atoms with Gasteiger partial charge in [-0.3, -0.25) is 4.79 Å². The van der Waals surface area contributed by atoms with Gasteiger partial charge in [-0.2, -0.15) is 0 Å². The van der Waals surface area contributed by atoms with E-state index in [0.717, 1.165) is 5.56 Å². The zero-order chi connectivity index (χ0) is 15.4. The predicted molar refractivity (Wildman–Crippen MR) is 85.1 cm³/mol. The van der Waals surface area contributed by atoms with Crippen LogP contribution in [0.25, 0.3) is 0 Å². The number of pyridine rings is 1. The molecule has 1 aromatic heterocycles. The van der Waals surface area contributed by atoms with Crippen molar-refractivity contribution in [2.45, 2.75) is 26.4 Å². The Morgan fingerprint density at radius 1 is 1.24 bits per heavy atom. The standard InChI is InChI=1S/C16H18ClN3O/c1-11(2)20(10-12-6-4-3-5-7-12)16(21)15-13(17)8-9-14(18)19-15/h3-9,11H,10H2,1-2H3,(H2,18,19). The van der Waals surface area contributed by atoms with Crippen LogP contribution in [0.1, 0.15) is 29.9 Å². The fourth-order valence-electron chi connectivity index (χ4n) is 2.01. The van der Waals surface area contributed by atoms with Crippen molar-refractivity contribution in [3.63, 3.8) is 0 Å². The van der Waals surface area contributed by atoms with Crippen LogP contribution in [0.15, 0.2) is 42.5 Å². The first-order valence-electron chi connectivity index (χ1n) is 6.76. The van der Waals surface area contributed by atoms with Crippen LogP contribution < -0.4 is 5.73 Å². The molecule has 0 aliphatic rings. The van der Waals surface area contributed by atoms with Gasteiger partial charge < -0.3 is 10.6 Å². The quantitative estimate of drug-likeness (QED) is 0.942. The van der Waals surface area contributed by atoms with E-state index < -0.39 is 0 Å². The number of halogens is 1. The van der Waals surface area contributed by atoms with Gasteiger partial charge in [-0.25, -0.2) is 4.98 Å². The fourth-order valence-corrected chi connectivity index (χ4v) is 2.20. The van der Waals surface area contributed by atoms with Crippen molar-refractivity contribution in [2.75, 3.05) is 5.73 Å². The molecular weight excluding hydrogens is 286 g/mol. The molecule has 2 N–H and O–H groups in total. The third-order valence-electron chi connectivity index (χ3n) is 3.15. The van der Waals surface area contributed by atoms with E-state index in [-0.39, 0.29) is 23.5 Å². The second kappa shape index (κ2) is 6.59. The number of amides is 1. The lowest BCUT2D eigenvalue weighted by Gasteiger charge is -2.27. The Bertz CT molecular complexity index is 629. The molecule has 1 aromatic carbocycles. The second-order valence-electron chi connectivity index (χ2n) is 5.08. The van der Waals surface area contributed by atoms with Gasteiger partial charge in [0.05, 0.1) is 5.02 Å². The van der Waals surface area contributed by atoms with Crippen LogP contribution in [0.2, 0.25) is 5.02 Å². The first-order chi connectivity index (χ1) is 9.99. The van der Waals surface area contributed by atoms with Gasteiger partial charge in [-0.1, -0.05) is 41.9 Å². The minimum absolute atomic E-state index is 0.0250. The smallest absolute Gasteiger partial charge is 0.274 e. The molecule has 5 heteroatoms. The lowest BCUT2D eigenvalue weighted by molar-refractivity contribution is 0.0684. The molecule has 2 rings (SSSR count). The number of benzene rings is 1. The summed E-state index contributed by atoms with van der Waals surface area (Å²) in [6.07, 6.45) is 0. The predicted octanol–water partition coefficient (Wildman–Crippen LogP) is 3.37. The molecule has 0 aliphatic heterocycles. The average molecular weight is 304 g/mol. The molecule has 0 aliphatic carbocycles. The highest BCUT2D eigenvalue weighted by Gasteiger charge is 2.22. The van der Waals surface area contributed by atoms with Crippen molar-refractivity contribution in [3.05, 3.63) is 58.7 Å². The third-order valence-corrected chi connectivity index (χ3v) is 3.46. The average Bonchev–Trinajstić information content (AvgIpc) is 2.47. The van der Waals surface area contributed by atoms with Crippen LogP contribution in [0.5, 0.6) is 0 Å². The topological polar surface area (TPSA) is 59.2 Å². The Morgan fingerprint density at radius 3 is 2.52 bits per heavy atom. The minimum atomic E-state index is -0.217. The molecule has 0 atom stereocenters. The Balaban J connectivity index is 2.30. The molecule has 0 saturated carbocycles. The minimum Gasteiger partial charge on any atom is -0.384 e. The van der Waals surface area contributed by atoms with E-state index in [0.29, 0.717) is 11.6 Å². The van der Waals surface area contributed by atoms with Crippen LogP contribution in [-0.2, 0) is 6.54 Å². The van der Waals surface area contributed by atoms with Crippen molar-refractivity contribution in [2.24, 2.45) is 0 Å². The van der Waals surface area contributed by atoms with Crippen LogP contribution in [0.3, 0.4) is 0 Å². The summed E-state index contributed by atoms with van der Waals surface area (Å²) < 4.78 is 0. The molecule has 1 heterocycles. The third kappa shape index (κ3) is 3.73. The maximum Gasteiger partial charge on any atom is 0.274 e. The zero-order valence-corrected chi connectivity index (χ0v) is 12.8. The Labute approximate surface area is 129 Å². The maximum atomic E-state index is 12.7. The summed E-state index contributed by atoms with van der Waals surface area (Å²) in [7, 11) is 0. The number of hydrogen-bond acceptors (Lipinski definition) is 3. The summed E-state index contributed by atoms with van der Waals surface area (Å²) >= 11 is 6.08. The normalized spacial score (nSPS) is 10.7. The first kappa shape index (κ1) is 15.3. The SMILES string of the molecule is CC(C)N(Cc1ccccc1)C(=O)c1nc(N)ccc1Cl. The highest BCUT2D eigenvalue weighted by molar-refractivity contribution is 6.33. The van der Waals surface area contributed by atoms with Crippen LogP contribution in [0.4, 0.5) is 5.82 Å². The molecule has 0 bridgehead atoms. The summed E-state index contributed by atoms with van der Waals surface area (Å²) in [5.74, 6) is 0.0670. The van der Waals surface area contributed by atoms with E-state index in [1.165, 1.54) is 0 Å². The molecule has 2 aromatic rings. The number of nitrogens with two attached hydrogens (primary N) is 1. The summed E-state index contributed by atoms with van der Waals surface area (Å²) in [6, 6.07) is 13.0. The molecule has 21 heavy (non-hydrogen) atoms. The highest BCUT2D eigenvalue weighted by Crippen LogP contribution is 2.19. The molecule has 0 unspecified atom stereocenters. The number of nitrogens with zero attached hydrogens (tertiary/aromatic N) is 2. The van der Waals surface area contributed by atoms with Gasteiger partial charge in [-0.05, 0) is 31.5 Å². The Kier molecular flexibility index (Phi) is 4.81. The molecule has 0 saturated heterocycles. The van der Waals surface area contributed by atoms with Crippen molar-refractivity contribution in [3.8, 4) is 0 Å². The number of aromatic nitrogens is 1. The zero-order valence-electron chi connectivity index (χ0n) is 12.1. The van der Waals surface area contributed by atoms with Gasteiger partial charge in [-0.15, -0.1) is 0 Å². The molecule has 4 nitrogen and oxygen atoms in total. The van der Waals surface area contributed by atoms with Crippen molar-refractivity contribution in [1.29, 1.82) is 0 Å². The fraction of sp³-hybridized carbons (Fsp3) is 0.250.